The average molecular weight is 587 g/mol. The van der Waals surface area contributed by atoms with Gasteiger partial charge in [0.05, 0.1) is 35.8 Å². The molecular formula is C30H31ClN8O3. The predicted molar refractivity (Wildman–Crippen MR) is 161 cm³/mol. The fourth-order valence-corrected chi connectivity index (χ4v) is 4.86. The number of carbonyl (C=O) groups is 2. The summed E-state index contributed by atoms with van der Waals surface area (Å²) in [5.41, 5.74) is 3.87. The highest BCUT2D eigenvalue weighted by Gasteiger charge is 2.34. The van der Waals surface area contributed by atoms with E-state index in [1.807, 2.05) is 44.2 Å². The molecule has 0 fully saturated rings. The molecule has 0 saturated heterocycles. The molecule has 0 saturated carbocycles. The normalized spacial score (nSPS) is 13.7. The standard InChI is InChI=1S/C30H31ClN8O3/c1-5-32-25-8-6-7-24(37-25)17(2)35-28(40)18(3)39-16-20-10-9-19(13-22(20)29(39)41)27-23(31)15-34-30(38-27)36-21-11-12-33-26(14-21)42-4/h6-15,17-18H,5,16H2,1-4H3,(H,32,37)(H,35,40)(H,33,34,36,38). The molecule has 3 aromatic heterocycles. The van der Waals surface area contributed by atoms with Crippen LogP contribution in [-0.4, -0.2) is 56.3 Å². The van der Waals surface area contributed by atoms with Crippen molar-refractivity contribution in [2.45, 2.75) is 39.4 Å². The zero-order valence-electron chi connectivity index (χ0n) is 23.7. The maximum atomic E-state index is 13.5. The number of amides is 2. The lowest BCUT2D eigenvalue weighted by Crippen LogP contribution is -2.46. The molecule has 4 aromatic rings. The molecule has 11 nitrogen and oxygen atoms in total. The minimum atomic E-state index is -0.691. The molecule has 2 unspecified atom stereocenters. The van der Waals surface area contributed by atoms with E-state index in [0.717, 1.165) is 23.6 Å². The molecule has 1 aromatic carbocycles. The van der Waals surface area contributed by atoms with Crippen molar-refractivity contribution in [2.75, 3.05) is 24.3 Å². The summed E-state index contributed by atoms with van der Waals surface area (Å²) in [5.74, 6) is 1.02. The summed E-state index contributed by atoms with van der Waals surface area (Å²) < 4.78 is 5.17. The maximum Gasteiger partial charge on any atom is 0.255 e. The van der Waals surface area contributed by atoms with Crippen LogP contribution in [0, 0.1) is 0 Å². The van der Waals surface area contributed by atoms with Crippen molar-refractivity contribution in [3.63, 3.8) is 0 Å². The molecule has 1 aliphatic heterocycles. The van der Waals surface area contributed by atoms with Crippen LogP contribution in [-0.2, 0) is 11.3 Å². The Bertz CT molecular complexity index is 1630. The lowest BCUT2D eigenvalue weighted by Gasteiger charge is -2.25. The summed E-state index contributed by atoms with van der Waals surface area (Å²) in [7, 11) is 1.54. The first-order valence-corrected chi connectivity index (χ1v) is 13.9. The first-order valence-electron chi connectivity index (χ1n) is 13.5. The summed E-state index contributed by atoms with van der Waals surface area (Å²) in [6.07, 6.45) is 3.11. The largest absolute Gasteiger partial charge is 0.481 e. The van der Waals surface area contributed by atoms with Crippen molar-refractivity contribution < 1.29 is 14.3 Å². The van der Waals surface area contributed by atoms with E-state index < -0.39 is 6.04 Å². The van der Waals surface area contributed by atoms with Crippen LogP contribution >= 0.6 is 11.6 Å². The number of hydrogen-bond donors (Lipinski definition) is 3. The van der Waals surface area contributed by atoms with Gasteiger partial charge < -0.3 is 25.6 Å². The van der Waals surface area contributed by atoms with Gasteiger partial charge in [0.2, 0.25) is 17.7 Å². The highest BCUT2D eigenvalue weighted by atomic mass is 35.5. The highest BCUT2D eigenvalue weighted by Crippen LogP contribution is 2.33. The average Bonchev–Trinajstić information content (AvgIpc) is 3.33. The second kappa shape index (κ2) is 12.4. The van der Waals surface area contributed by atoms with Crippen molar-refractivity contribution in [3.05, 3.63) is 82.8 Å². The van der Waals surface area contributed by atoms with Crippen LogP contribution in [0.2, 0.25) is 5.02 Å². The Labute approximate surface area is 248 Å². The molecule has 2 atom stereocenters. The number of fused-ring (bicyclic) bond motifs is 1. The Balaban J connectivity index is 1.30. The second-order valence-electron chi connectivity index (χ2n) is 9.79. The first kappa shape index (κ1) is 28.7. The molecule has 1 aliphatic rings. The predicted octanol–water partition coefficient (Wildman–Crippen LogP) is 4.99. The van der Waals surface area contributed by atoms with Crippen molar-refractivity contribution in [1.82, 2.24) is 30.2 Å². The van der Waals surface area contributed by atoms with Crippen LogP contribution in [0.5, 0.6) is 5.88 Å². The van der Waals surface area contributed by atoms with Gasteiger partial charge in [-0.2, -0.15) is 0 Å². The Morgan fingerprint density at radius 1 is 1.12 bits per heavy atom. The number of ether oxygens (including phenoxy) is 1. The zero-order valence-corrected chi connectivity index (χ0v) is 24.4. The van der Waals surface area contributed by atoms with Crippen LogP contribution < -0.4 is 20.7 Å². The van der Waals surface area contributed by atoms with Crippen molar-refractivity contribution in [3.8, 4) is 17.1 Å². The van der Waals surface area contributed by atoms with Crippen molar-refractivity contribution in [1.29, 1.82) is 0 Å². The number of anilines is 3. The Kier molecular flexibility index (Phi) is 8.48. The number of halogens is 1. The zero-order chi connectivity index (χ0) is 29.8. The van der Waals surface area contributed by atoms with E-state index in [4.69, 9.17) is 16.3 Å². The fourth-order valence-electron chi connectivity index (χ4n) is 4.66. The van der Waals surface area contributed by atoms with Crippen molar-refractivity contribution in [2.24, 2.45) is 0 Å². The Hall–Kier alpha value is -4.77. The number of nitrogens with one attached hydrogen (secondary N) is 3. The van der Waals surface area contributed by atoms with E-state index in [1.165, 1.54) is 13.3 Å². The fraction of sp³-hybridized carbons (Fsp3) is 0.267. The van der Waals surface area contributed by atoms with Crippen LogP contribution in [0.4, 0.5) is 17.5 Å². The summed E-state index contributed by atoms with van der Waals surface area (Å²) in [6.45, 7) is 6.65. The summed E-state index contributed by atoms with van der Waals surface area (Å²) in [5, 5.41) is 9.62. The van der Waals surface area contributed by atoms with Gasteiger partial charge in [-0.25, -0.2) is 19.9 Å². The SMILES string of the molecule is CCNc1cccc(C(C)NC(=O)C(C)N2Cc3ccc(-c4nc(Nc5ccnc(OC)c5)ncc4Cl)cc3C2=O)n1. The van der Waals surface area contributed by atoms with Gasteiger partial charge in [0.15, 0.2) is 0 Å². The number of carbonyl (C=O) groups excluding carboxylic acids is 2. The quantitative estimate of drug-likeness (QED) is 0.235. The van der Waals surface area contributed by atoms with Gasteiger partial charge in [-0.3, -0.25) is 9.59 Å². The van der Waals surface area contributed by atoms with Gasteiger partial charge >= 0.3 is 0 Å². The molecule has 0 radical (unpaired) electrons. The highest BCUT2D eigenvalue weighted by molar-refractivity contribution is 6.33. The van der Waals surface area contributed by atoms with E-state index >= 15 is 0 Å². The third kappa shape index (κ3) is 6.10. The summed E-state index contributed by atoms with van der Waals surface area (Å²) in [4.78, 5) is 45.7. The number of rotatable bonds is 10. The molecule has 0 aliphatic carbocycles. The van der Waals surface area contributed by atoms with Crippen LogP contribution in [0.15, 0.2) is 60.9 Å². The minimum absolute atomic E-state index is 0.234. The first-order chi connectivity index (χ1) is 20.3. The topological polar surface area (TPSA) is 134 Å². The van der Waals surface area contributed by atoms with E-state index in [-0.39, 0.29) is 17.9 Å². The van der Waals surface area contributed by atoms with E-state index in [2.05, 4.69) is 35.9 Å². The lowest BCUT2D eigenvalue weighted by molar-refractivity contribution is -0.125. The van der Waals surface area contributed by atoms with Gasteiger partial charge in [-0.1, -0.05) is 29.8 Å². The third-order valence-electron chi connectivity index (χ3n) is 6.94. The van der Waals surface area contributed by atoms with E-state index in [0.29, 0.717) is 45.9 Å². The van der Waals surface area contributed by atoms with Crippen molar-refractivity contribution >= 4 is 40.9 Å². The molecule has 2 amide bonds. The number of aromatic nitrogens is 4. The van der Waals surface area contributed by atoms with Gasteiger partial charge in [0, 0.05) is 42.2 Å². The molecule has 3 N–H and O–H groups in total. The number of benzene rings is 1. The molecule has 0 spiro atoms. The number of methoxy groups -OCH3 is 1. The molecule has 12 heteroatoms. The monoisotopic (exact) mass is 586 g/mol. The molecule has 5 rings (SSSR count). The Morgan fingerprint density at radius 3 is 2.74 bits per heavy atom. The Morgan fingerprint density at radius 2 is 1.95 bits per heavy atom. The molecular weight excluding hydrogens is 556 g/mol. The molecule has 216 valence electrons. The summed E-state index contributed by atoms with van der Waals surface area (Å²) in [6, 6.07) is 13.6. The van der Waals surface area contributed by atoms with Crippen LogP contribution in [0.3, 0.4) is 0 Å². The second-order valence-corrected chi connectivity index (χ2v) is 10.2. The van der Waals surface area contributed by atoms with E-state index in [9.17, 15) is 9.59 Å². The van der Waals surface area contributed by atoms with Gasteiger partial charge in [0.25, 0.3) is 5.91 Å². The van der Waals surface area contributed by atoms with Gasteiger partial charge in [-0.15, -0.1) is 0 Å². The smallest absolute Gasteiger partial charge is 0.255 e. The molecule has 42 heavy (non-hydrogen) atoms. The summed E-state index contributed by atoms with van der Waals surface area (Å²) >= 11 is 6.48. The van der Waals surface area contributed by atoms with Gasteiger partial charge in [-0.05, 0) is 50.6 Å². The maximum absolute atomic E-state index is 13.5. The number of hydrogen-bond acceptors (Lipinski definition) is 9. The molecule has 4 heterocycles. The minimum Gasteiger partial charge on any atom is -0.481 e. The van der Waals surface area contributed by atoms with Gasteiger partial charge in [0.1, 0.15) is 11.9 Å². The molecule has 0 bridgehead atoms. The van der Waals surface area contributed by atoms with E-state index in [1.54, 1.807) is 36.2 Å². The lowest BCUT2D eigenvalue weighted by atomic mass is 10.0. The number of pyridine rings is 2. The number of nitrogens with zero attached hydrogens (tertiary/aromatic N) is 5. The van der Waals surface area contributed by atoms with Crippen LogP contribution in [0.25, 0.3) is 11.3 Å². The van der Waals surface area contributed by atoms with Crippen LogP contribution in [0.1, 0.15) is 48.4 Å². The third-order valence-corrected chi connectivity index (χ3v) is 7.21.